The maximum Gasteiger partial charge on any atom is 0.226 e. The summed E-state index contributed by atoms with van der Waals surface area (Å²) in [5.74, 6) is 2.24. The summed E-state index contributed by atoms with van der Waals surface area (Å²) in [7, 11) is 0. The number of anilines is 1. The highest BCUT2D eigenvalue weighted by Gasteiger charge is 2.41. The van der Waals surface area contributed by atoms with Gasteiger partial charge in [0.15, 0.2) is 5.11 Å². The number of pyridine rings is 1. The first-order valence-electron chi connectivity index (χ1n) is 12.7. The lowest BCUT2D eigenvalue weighted by Crippen LogP contribution is -2.32. The number of nitrogens with one attached hydrogen (secondary N) is 2. The third-order valence-electron chi connectivity index (χ3n) is 6.56. The van der Waals surface area contributed by atoms with Crippen LogP contribution in [-0.4, -0.2) is 34.1 Å². The first kappa shape index (κ1) is 25.5. The summed E-state index contributed by atoms with van der Waals surface area (Å²) in [6.45, 7) is 4.98. The maximum absolute atomic E-state index is 12.8. The minimum atomic E-state index is -0.264. The summed E-state index contributed by atoms with van der Waals surface area (Å²) >= 11 is 5.74. The first-order chi connectivity index (χ1) is 18.5. The summed E-state index contributed by atoms with van der Waals surface area (Å²) in [6, 6.07) is 24.8. The third-order valence-corrected chi connectivity index (χ3v) is 6.92. The average Bonchev–Trinajstić information content (AvgIpc) is 3.54. The molecular weight excluding hydrogens is 496 g/mol. The molecule has 3 heterocycles. The minimum absolute atomic E-state index is 0.0725. The van der Waals surface area contributed by atoms with E-state index in [-0.39, 0.29) is 24.4 Å². The average molecular weight is 527 g/mol. The van der Waals surface area contributed by atoms with Crippen LogP contribution in [0.1, 0.15) is 42.4 Å². The number of rotatable bonds is 9. The Bertz CT molecular complexity index is 1400. The monoisotopic (exact) mass is 526 g/mol. The number of aromatic nitrogens is 1. The Morgan fingerprint density at radius 2 is 1.87 bits per heavy atom. The Morgan fingerprint density at radius 3 is 2.61 bits per heavy atom. The van der Waals surface area contributed by atoms with Gasteiger partial charge in [0.25, 0.3) is 0 Å². The van der Waals surface area contributed by atoms with Gasteiger partial charge in [-0.1, -0.05) is 24.3 Å². The van der Waals surface area contributed by atoms with Crippen molar-refractivity contribution in [2.24, 2.45) is 0 Å². The van der Waals surface area contributed by atoms with E-state index in [4.69, 9.17) is 21.4 Å². The molecule has 0 saturated carbocycles. The molecule has 0 spiro atoms. The predicted octanol–water partition coefficient (Wildman–Crippen LogP) is 6.05. The Kier molecular flexibility index (Phi) is 7.70. The van der Waals surface area contributed by atoms with Gasteiger partial charge in [0, 0.05) is 30.4 Å². The molecule has 2 aromatic carbocycles. The number of furan rings is 1. The highest BCUT2D eigenvalue weighted by atomic mass is 32.1. The second-order valence-electron chi connectivity index (χ2n) is 9.09. The van der Waals surface area contributed by atoms with Crippen LogP contribution < -0.4 is 15.4 Å². The second kappa shape index (κ2) is 11.5. The van der Waals surface area contributed by atoms with E-state index < -0.39 is 0 Å². The Hall–Kier alpha value is -4.17. The van der Waals surface area contributed by atoms with E-state index in [2.05, 4.69) is 15.6 Å². The van der Waals surface area contributed by atoms with Gasteiger partial charge in [-0.15, -0.1) is 0 Å². The fourth-order valence-electron chi connectivity index (χ4n) is 4.65. The fourth-order valence-corrected chi connectivity index (χ4v) is 4.98. The molecule has 1 saturated heterocycles. The lowest BCUT2D eigenvalue weighted by molar-refractivity contribution is -0.116. The van der Waals surface area contributed by atoms with E-state index in [9.17, 15) is 4.79 Å². The number of carbonyl (C=O) groups excluding carboxylic acids is 1. The zero-order valence-electron chi connectivity index (χ0n) is 21.4. The van der Waals surface area contributed by atoms with Crippen molar-refractivity contribution < 1.29 is 13.9 Å². The predicted molar refractivity (Wildman–Crippen MR) is 152 cm³/mol. The number of thiocarbonyl (C=S) groups is 1. The topological polar surface area (TPSA) is 79.6 Å². The van der Waals surface area contributed by atoms with Crippen LogP contribution in [-0.2, 0) is 4.79 Å². The van der Waals surface area contributed by atoms with Gasteiger partial charge in [-0.25, -0.2) is 0 Å². The van der Waals surface area contributed by atoms with E-state index in [1.54, 1.807) is 6.20 Å². The summed E-state index contributed by atoms with van der Waals surface area (Å²) in [5.41, 5.74) is 3.63. The largest absolute Gasteiger partial charge is 0.494 e. The van der Waals surface area contributed by atoms with Gasteiger partial charge >= 0.3 is 0 Å². The van der Waals surface area contributed by atoms with E-state index in [1.807, 2.05) is 97.6 Å². The number of ether oxygens (including phenoxy) is 1. The van der Waals surface area contributed by atoms with Crippen LogP contribution in [0.25, 0.3) is 11.3 Å². The number of hydrogen-bond acceptors (Lipinski definition) is 5. The summed E-state index contributed by atoms with van der Waals surface area (Å²) in [4.78, 5) is 19.4. The lowest BCUT2D eigenvalue weighted by Gasteiger charge is -2.26. The van der Waals surface area contributed by atoms with Crippen molar-refractivity contribution in [2.45, 2.75) is 32.4 Å². The van der Waals surface area contributed by atoms with Gasteiger partial charge in [0.05, 0.1) is 18.3 Å². The molecule has 0 unspecified atom stereocenters. The molecule has 0 bridgehead atoms. The lowest BCUT2D eigenvalue weighted by atomic mass is 10.0. The Balaban J connectivity index is 1.38. The number of hydrogen-bond donors (Lipinski definition) is 2. The quantitative estimate of drug-likeness (QED) is 0.257. The van der Waals surface area contributed by atoms with Crippen molar-refractivity contribution in [2.75, 3.05) is 18.5 Å². The highest BCUT2D eigenvalue weighted by Crippen LogP contribution is 2.40. The van der Waals surface area contributed by atoms with E-state index in [0.717, 1.165) is 39.8 Å². The molecule has 4 aromatic rings. The molecule has 1 fully saturated rings. The van der Waals surface area contributed by atoms with Gasteiger partial charge in [0.2, 0.25) is 5.91 Å². The Morgan fingerprint density at radius 1 is 1.08 bits per heavy atom. The molecule has 0 radical (unpaired) electrons. The van der Waals surface area contributed by atoms with Crippen molar-refractivity contribution in [3.05, 3.63) is 102 Å². The zero-order valence-corrected chi connectivity index (χ0v) is 22.2. The number of nitrogens with zero attached hydrogens (tertiary/aromatic N) is 2. The fraction of sp³-hybridized carbons (Fsp3) is 0.233. The van der Waals surface area contributed by atoms with Gasteiger partial charge in [-0.05, 0) is 86.2 Å². The molecule has 2 aromatic heterocycles. The molecule has 1 aliphatic rings. The first-order valence-corrected chi connectivity index (χ1v) is 13.1. The normalized spacial score (nSPS) is 16.8. The number of benzene rings is 2. The van der Waals surface area contributed by atoms with Crippen LogP contribution in [0.2, 0.25) is 0 Å². The Labute approximate surface area is 227 Å². The van der Waals surface area contributed by atoms with E-state index in [1.165, 1.54) is 0 Å². The van der Waals surface area contributed by atoms with Gasteiger partial charge < -0.3 is 24.7 Å². The summed E-state index contributed by atoms with van der Waals surface area (Å²) in [6.07, 6.45) is 2.04. The zero-order chi connectivity index (χ0) is 26.5. The van der Waals surface area contributed by atoms with Gasteiger partial charge in [-0.3, -0.25) is 9.78 Å². The van der Waals surface area contributed by atoms with Crippen molar-refractivity contribution in [3.63, 3.8) is 0 Å². The molecule has 2 N–H and O–H groups in total. The molecule has 38 heavy (non-hydrogen) atoms. The molecule has 194 valence electrons. The molecule has 1 amide bonds. The molecule has 5 rings (SSSR count). The van der Waals surface area contributed by atoms with Crippen LogP contribution in [0.5, 0.6) is 5.75 Å². The van der Waals surface area contributed by atoms with Crippen LogP contribution in [0.15, 0.2) is 89.5 Å². The molecule has 0 aliphatic carbocycles. The van der Waals surface area contributed by atoms with Gasteiger partial charge in [0.1, 0.15) is 23.3 Å². The van der Waals surface area contributed by atoms with Crippen molar-refractivity contribution in [3.8, 4) is 17.1 Å². The van der Waals surface area contributed by atoms with E-state index in [0.29, 0.717) is 18.3 Å². The number of carbonyl (C=O) groups is 1. The molecule has 2 atom stereocenters. The molecule has 1 aliphatic heterocycles. The van der Waals surface area contributed by atoms with Crippen LogP contribution in [0.3, 0.4) is 0 Å². The minimum Gasteiger partial charge on any atom is -0.494 e. The molecular formula is C30H30N4O3S. The number of aryl methyl sites for hydroxylation is 1. The van der Waals surface area contributed by atoms with Crippen LogP contribution >= 0.6 is 12.2 Å². The summed E-state index contributed by atoms with van der Waals surface area (Å²) < 4.78 is 12.0. The highest BCUT2D eigenvalue weighted by molar-refractivity contribution is 7.80. The summed E-state index contributed by atoms with van der Waals surface area (Å²) in [5, 5.41) is 6.98. The molecule has 7 nitrogen and oxygen atoms in total. The number of amides is 1. The third kappa shape index (κ3) is 5.55. The van der Waals surface area contributed by atoms with Crippen LogP contribution in [0.4, 0.5) is 5.69 Å². The van der Waals surface area contributed by atoms with Crippen LogP contribution in [0, 0.1) is 6.92 Å². The standard InChI is InChI=1S/C30H30N4O3S/c1-3-36-22-13-11-21(12-14-22)25-15-16-26(37-25)29-28(24-10-6-7-18-31-24)33-30(38)34(29)19-17-27(35)32-23-9-5-4-8-20(23)2/h4-16,18,28-29H,3,17,19H2,1-2H3,(H,32,35)(H,33,38)/t28-,29+/m0/s1. The van der Waals surface area contributed by atoms with Crippen molar-refractivity contribution >= 4 is 28.9 Å². The second-order valence-corrected chi connectivity index (χ2v) is 9.48. The number of para-hydroxylation sites is 1. The van der Waals surface area contributed by atoms with E-state index >= 15 is 0 Å². The molecule has 8 heteroatoms. The SMILES string of the molecule is CCOc1ccc(-c2ccc([C@@H]3[C@H](c4ccccn4)NC(=S)N3CCC(=O)Nc3ccccc3C)o2)cc1. The van der Waals surface area contributed by atoms with Crippen molar-refractivity contribution in [1.82, 2.24) is 15.2 Å². The van der Waals surface area contributed by atoms with Crippen molar-refractivity contribution in [1.29, 1.82) is 0 Å². The van der Waals surface area contributed by atoms with Gasteiger partial charge in [-0.2, -0.15) is 0 Å². The smallest absolute Gasteiger partial charge is 0.226 e. The maximum atomic E-state index is 12.8.